The molecule has 0 radical (unpaired) electrons. The van der Waals surface area contributed by atoms with Gasteiger partial charge in [-0.15, -0.1) is 0 Å². The molecule has 9 heteroatoms. The first-order chi connectivity index (χ1) is 20.1. The van der Waals surface area contributed by atoms with E-state index in [1.807, 2.05) is 48.3 Å². The number of carbonyl (C=O) groups excluding carboxylic acids is 1. The number of likely N-dealkylation sites (tertiary alicyclic amines) is 1. The molecule has 3 heterocycles. The van der Waals surface area contributed by atoms with Crippen LogP contribution in [-0.4, -0.2) is 62.8 Å². The third-order valence-corrected chi connectivity index (χ3v) is 8.54. The van der Waals surface area contributed by atoms with Gasteiger partial charge < -0.3 is 20.3 Å². The fourth-order valence-corrected chi connectivity index (χ4v) is 6.22. The summed E-state index contributed by atoms with van der Waals surface area (Å²) in [6, 6.07) is 16.8. The summed E-state index contributed by atoms with van der Waals surface area (Å²) in [4.78, 5) is 25.2. The van der Waals surface area contributed by atoms with Crippen molar-refractivity contribution in [2.24, 2.45) is 7.05 Å². The Morgan fingerprint density at radius 1 is 1.02 bits per heavy atom. The van der Waals surface area contributed by atoms with Crippen LogP contribution in [-0.2, 0) is 19.9 Å². The average molecular weight is 550 g/mol. The highest BCUT2D eigenvalue weighted by Gasteiger charge is 2.32. The summed E-state index contributed by atoms with van der Waals surface area (Å²) in [5, 5.41) is 11.4. The molecule has 2 aromatic carbocycles. The predicted octanol–water partition coefficient (Wildman–Crippen LogP) is 4.75. The summed E-state index contributed by atoms with van der Waals surface area (Å²) in [6.45, 7) is 2.13. The van der Waals surface area contributed by atoms with Crippen molar-refractivity contribution in [2.75, 3.05) is 25.5 Å². The monoisotopic (exact) mass is 549 g/mol. The quantitative estimate of drug-likeness (QED) is 0.343. The van der Waals surface area contributed by atoms with Crippen LogP contribution in [0.2, 0.25) is 0 Å². The summed E-state index contributed by atoms with van der Waals surface area (Å²) in [5.41, 5.74) is 7.56. The number of ether oxygens (including phenoxy) is 1. The van der Waals surface area contributed by atoms with E-state index in [2.05, 4.69) is 32.7 Å². The molecule has 0 bridgehead atoms. The topological polar surface area (TPSA) is 97.2 Å². The molecular formula is C32H35N7O2. The molecule has 1 amide bonds. The van der Waals surface area contributed by atoms with Crippen molar-refractivity contribution in [3.8, 4) is 28.3 Å². The van der Waals surface area contributed by atoms with Gasteiger partial charge in [-0.05, 0) is 62.3 Å². The normalized spacial score (nSPS) is 17.0. The number of hydrogen-bond donors (Lipinski definition) is 2. The first kappa shape index (κ1) is 25.7. The van der Waals surface area contributed by atoms with Crippen LogP contribution < -0.4 is 15.4 Å². The van der Waals surface area contributed by atoms with Crippen LogP contribution in [0.4, 0.5) is 11.6 Å². The highest BCUT2D eigenvalue weighted by atomic mass is 16.5. The number of carbonyl (C=O) groups is 1. The zero-order valence-corrected chi connectivity index (χ0v) is 23.6. The van der Waals surface area contributed by atoms with Gasteiger partial charge in [0, 0.05) is 55.1 Å². The predicted molar refractivity (Wildman–Crippen MR) is 158 cm³/mol. The van der Waals surface area contributed by atoms with Crippen LogP contribution >= 0.6 is 0 Å². The SMILES string of the molecule is COc1cc(C(=O)NC2CCN(C3CC3)CC2)ccc1Nc1ncc2c(n1)-c1c(nn(C)c1-c1ccccc1)CC2. The lowest BCUT2D eigenvalue weighted by molar-refractivity contribution is 0.0909. The maximum atomic E-state index is 13.1. The largest absolute Gasteiger partial charge is 0.495 e. The van der Waals surface area contributed by atoms with Crippen molar-refractivity contribution in [1.82, 2.24) is 30.0 Å². The van der Waals surface area contributed by atoms with Gasteiger partial charge >= 0.3 is 0 Å². The zero-order chi connectivity index (χ0) is 27.9. The Kier molecular flexibility index (Phi) is 6.66. The molecule has 2 N–H and O–H groups in total. The molecule has 4 aromatic rings. The van der Waals surface area contributed by atoms with Crippen LogP contribution in [0.15, 0.2) is 54.7 Å². The number of benzene rings is 2. The van der Waals surface area contributed by atoms with Crippen molar-refractivity contribution < 1.29 is 9.53 Å². The summed E-state index contributed by atoms with van der Waals surface area (Å²) >= 11 is 0. The number of amides is 1. The first-order valence-electron chi connectivity index (χ1n) is 14.5. The second-order valence-electron chi connectivity index (χ2n) is 11.3. The van der Waals surface area contributed by atoms with Gasteiger partial charge in [0.1, 0.15) is 5.75 Å². The minimum atomic E-state index is -0.0673. The number of aryl methyl sites for hydroxylation is 3. The van der Waals surface area contributed by atoms with Gasteiger partial charge in [0.05, 0.1) is 29.9 Å². The molecule has 3 aliphatic rings. The molecule has 210 valence electrons. The summed E-state index contributed by atoms with van der Waals surface area (Å²) in [7, 11) is 3.60. The molecule has 2 aliphatic carbocycles. The highest BCUT2D eigenvalue weighted by molar-refractivity contribution is 5.95. The zero-order valence-electron chi connectivity index (χ0n) is 23.6. The number of nitrogens with one attached hydrogen (secondary N) is 2. The minimum Gasteiger partial charge on any atom is -0.495 e. The van der Waals surface area contributed by atoms with Crippen LogP contribution in [0.1, 0.15) is 47.3 Å². The number of aromatic nitrogens is 4. The summed E-state index contributed by atoms with van der Waals surface area (Å²) < 4.78 is 7.63. The number of anilines is 2. The van der Waals surface area contributed by atoms with E-state index in [-0.39, 0.29) is 11.9 Å². The van der Waals surface area contributed by atoms with Gasteiger partial charge in [-0.3, -0.25) is 9.48 Å². The Hall–Kier alpha value is -4.24. The average Bonchev–Trinajstić information content (AvgIpc) is 3.79. The van der Waals surface area contributed by atoms with Gasteiger partial charge in [-0.25, -0.2) is 9.97 Å². The van der Waals surface area contributed by atoms with E-state index >= 15 is 0 Å². The Bertz CT molecular complexity index is 1590. The fraction of sp³-hybridized carbons (Fsp3) is 0.375. The van der Waals surface area contributed by atoms with Gasteiger partial charge in [0.15, 0.2) is 0 Å². The Morgan fingerprint density at radius 3 is 2.59 bits per heavy atom. The molecule has 1 aliphatic heterocycles. The molecular weight excluding hydrogens is 514 g/mol. The number of piperidine rings is 1. The van der Waals surface area contributed by atoms with Crippen molar-refractivity contribution in [1.29, 1.82) is 0 Å². The minimum absolute atomic E-state index is 0.0673. The highest BCUT2D eigenvalue weighted by Crippen LogP contribution is 2.40. The van der Waals surface area contributed by atoms with Gasteiger partial charge in [-0.2, -0.15) is 5.10 Å². The van der Waals surface area contributed by atoms with E-state index in [1.165, 1.54) is 12.8 Å². The second kappa shape index (κ2) is 10.6. The van der Waals surface area contributed by atoms with E-state index in [4.69, 9.17) is 14.8 Å². The van der Waals surface area contributed by atoms with Gasteiger partial charge in [-0.1, -0.05) is 30.3 Å². The molecule has 2 aromatic heterocycles. The van der Waals surface area contributed by atoms with E-state index < -0.39 is 0 Å². The summed E-state index contributed by atoms with van der Waals surface area (Å²) in [6.07, 6.45) is 8.26. The lowest BCUT2D eigenvalue weighted by Gasteiger charge is -2.32. The van der Waals surface area contributed by atoms with E-state index in [9.17, 15) is 4.79 Å². The molecule has 7 rings (SSSR count). The van der Waals surface area contributed by atoms with Crippen molar-refractivity contribution >= 4 is 17.5 Å². The number of fused-ring (bicyclic) bond motifs is 3. The molecule has 0 unspecified atom stereocenters. The van der Waals surface area contributed by atoms with Crippen molar-refractivity contribution in [3.63, 3.8) is 0 Å². The third-order valence-electron chi connectivity index (χ3n) is 8.54. The van der Waals surface area contributed by atoms with Crippen LogP contribution in [0.3, 0.4) is 0 Å². The number of methoxy groups -OCH3 is 1. The van der Waals surface area contributed by atoms with Crippen LogP contribution in [0.25, 0.3) is 22.5 Å². The van der Waals surface area contributed by atoms with Crippen LogP contribution in [0.5, 0.6) is 5.75 Å². The number of rotatable bonds is 7. The van der Waals surface area contributed by atoms with E-state index in [1.54, 1.807) is 13.2 Å². The molecule has 1 saturated heterocycles. The van der Waals surface area contributed by atoms with Gasteiger partial charge in [0.2, 0.25) is 5.95 Å². The molecule has 9 nitrogen and oxygen atoms in total. The molecule has 1 saturated carbocycles. The van der Waals surface area contributed by atoms with E-state index in [0.29, 0.717) is 22.9 Å². The first-order valence-corrected chi connectivity index (χ1v) is 14.5. The number of nitrogens with zero attached hydrogens (tertiary/aromatic N) is 5. The second-order valence-corrected chi connectivity index (χ2v) is 11.3. The van der Waals surface area contributed by atoms with E-state index in [0.717, 1.165) is 78.6 Å². The Morgan fingerprint density at radius 2 is 1.83 bits per heavy atom. The lowest BCUT2D eigenvalue weighted by atomic mass is 9.91. The van der Waals surface area contributed by atoms with Crippen molar-refractivity contribution in [3.05, 3.63) is 71.5 Å². The molecule has 2 fully saturated rings. The van der Waals surface area contributed by atoms with Crippen molar-refractivity contribution in [2.45, 2.75) is 50.6 Å². The molecule has 0 spiro atoms. The number of hydrogen-bond acceptors (Lipinski definition) is 7. The Labute approximate surface area is 240 Å². The van der Waals surface area contributed by atoms with Gasteiger partial charge in [0.25, 0.3) is 5.91 Å². The Balaban J connectivity index is 1.11. The summed E-state index contributed by atoms with van der Waals surface area (Å²) in [5.74, 6) is 0.967. The standard InChI is InChI=1S/C32H35N7O2/c1-38-30(20-6-4-3-5-7-20)28-26(37-38)13-9-22-19-33-32(36-29(22)28)35-25-12-8-21(18-27(25)41-2)31(40)34-23-14-16-39(17-15-23)24-10-11-24/h3-8,12,18-19,23-24H,9-11,13-17H2,1-2H3,(H,34,40)(H,33,35,36). The van der Waals surface area contributed by atoms with Crippen LogP contribution in [0, 0.1) is 0 Å². The molecule has 41 heavy (non-hydrogen) atoms. The lowest BCUT2D eigenvalue weighted by Crippen LogP contribution is -2.45. The molecule has 0 atom stereocenters. The third kappa shape index (κ3) is 5.06. The maximum absolute atomic E-state index is 13.1. The maximum Gasteiger partial charge on any atom is 0.251 e. The fourth-order valence-electron chi connectivity index (χ4n) is 6.22. The smallest absolute Gasteiger partial charge is 0.251 e.